The predicted octanol–water partition coefficient (Wildman–Crippen LogP) is 1.94. The molecule has 1 saturated heterocycles. The number of carbonyl (C=O) groups excluding carboxylic acids is 2. The van der Waals surface area contributed by atoms with Crippen LogP contribution in [0.3, 0.4) is 0 Å². The minimum Gasteiger partial charge on any atom is -0.440 e. The summed E-state index contributed by atoms with van der Waals surface area (Å²) in [6, 6.07) is 5.57. The van der Waals surface area contributed by atoms with E-state index in [4.69, 9.17) is 4.74 Å². The molecular formula is C12H8INO3. The van der Waals surface area contributed by atoms with Crippen molar-refractivity contribution in [1.82, 2.24) is 0 Å². The summed E-state index contributed by atoms with van der Waals surface area (Å²) in [5.41, 5.74) is 0.580. The number of rotatable bonds is 0. The van der Waals surface area contributed by atoms with Gasteiger partial charge in [0.1, 0.15) is 0 Å². The molecule has 1 N–H and O–H groups in total. The number of amides is 1. The quantitative estimate of drug-likeness (QED) is 0.446. The van der Waals surface area contributed by atoms with E-state index in [0.29, 0.717) is 11.3 Å². The summed E-state index contributed by atoms with van der Waals surface area (Å²) >= 11 is 2.16. The number of esters is 1. The molecule has 2 heterocycles. The second kappa shape index (κ2) is 3.32. The smallest absolute Gasteiger partial charge is 0.335 e. The molecule has 0 radical (unpaired) electrons. The van der Waals surface area contributed by atoms with Crippen LogP contribution in [0.1, 0.15) is 12.0 Å². The van der Waals surface area contributed by atoms with Crippen LogP contribution in [0.2, 0.25) is 0 Å². The van der Waals surface area contributed by atoms with E-state index in [2.05, 4.69) is 34.5 Å². The number of carbonyl (C=O) groups is 2. The highest BCUT2D eigenvalue weighted by atomic mass is 127. The molecule has 0 bridgehead atoms. The van der Waals surface area contributed by atoms with Gasteiger partial charge in [0.05, 0.1) is 0 Å². The molecule has 5 heteroatoms. The summed E-state index contributed by atoms with van der Waals surface area (Å²) in [5.74, 6) is -0.784. The molecule has 86 valence electrons. The van der Waals surface area contributed by atoms with Gasteiger partial charge in [0.15, 0.2) is 0 Å². The number of nitrogens with one attached hydrogen (secondary N) is 1. The van der Waals surface area contributed by atoms with Gasteiger partial charge in [0.2, 0.25) is 5.60 Å². The molecule has 1 atom stereocenters. The Kier molecular flexibility index (Phi) is 2.10. The van der Waals surface area contributed by atoms with Gasteiger partial charge in [-0.3, -0.25) is 4.79 Å². The molecule has 0 aliphatic carbocycles. The average molecular weight is 341 g/mol. The van der Waals surface area contributed by atoms with Gasteiger partial charge < -0.3 is 10.1 Å². The first-order valence-electron chi connectivity index (χ1n) is 5.05. The maximum Gasteiger partial charge on any atom is 0.335 e. The Morgan fingerprint density at radius 3 is 2.82 bits per heavy atom. The maximum atomic E-state index is 12.0. The third-order valence-corrected chi connectivity index (χ3v) is 3.72. The van der Waals surface area contributed by atoms with Gasteiger partial charge in [-0.1, -0.05) is 6.58 Å². The van der Waals surface area contributed by atoms with Crippen molar-refractivity contribution in [1.29, 1.82) is 0 Å². The van der Waals surface area contributed by atoms with Crippen molar-refractivity contribution >= 4 is 40.2 Å². The molecule has 0 aromatic heterocycles. The minimum absolute atomic E-state index is 0.227. The molecule has 3 rings (SSSR count). The van der Waals surface area contributed by atoms with Crippen LogP contribution in [0.4, 0.5) is 5.69 Å². The van der Waals surface area contributed by atoms with Crippen LogP contribution >= 0.6 is 22.6 Å². The lowest BCUT2D eigenvalue weighted by molar-refractivity contribution is -0.155. The third-order valence-electron chi connectivity index (χ3n) is 3.05. The Morgan fingerprint density at radius 1 is 1.41 bits per heavy atom. The van der Waals surface area contributed by atoms with Crippen molar-refractivity contribution < 1.29 is 14.3 Å². The normalized spacial score (nSPS) is 26.1. The number of hydrogen-bond acceptors (Lipinski definition) is 3. The molecule has 0 saturated carbocycles. The van der Waals surface area contributed by atoms with Gasteiger partial charge in [-0.15, -0.1) is 0 Å². The fraction of sp³-hybridized carbons (Fsp3) is 0.167. The zero-order valence-corrected chi connectivity index (χ0v) is 10.9. The van der Waals surface area contributed by atoms with Crippen molar-refractivity contribution in [2.24, 2.45) is 0 Å². The monoisotopic (exact) mass is 341 g/mol. The fourth-order valence-corrected chi connectivity index (χ4v) is 2.71. The molecule has 1 amide bonds. The number of fused-ring (bicyclic) bond motifs is 2. The Morgan fingerprint density at radius 2 is 2.18 bits per heavy atom. The SMILES string of the molecule is C=C1CC2(OC1=O)C(=O)Nc1ccc(I)cc12. The topological polar surface area (TPSA) is 55.4 Å². The lowest BCUT2D eigenvalue weighted by Crippen LogP contribution is -2.33. The van der Waals surface area contributed by atoms with Crippen LogP contribution in [0, 0.1) is 3.57 Å². The maximum absolute atomic E-state index is 12.0. The van der Waals surface area contributed by atoms with E-state index in [9.17, 15) is 9.59 Å². The van der Waals surface area contributed by atoms with Gasteiger partial charge >= 0.3 is 5.97 Å². The number of anilines is 1. The highest BCUT2D eigenvalue weighted by Gasteiger charge is 2.55. The first kappa shape index (κ1) is 10.8. The van der Waals surface area contributed by atoms with Crippen LogP contribution in [0.15, 0.2) is 30.4 Å². The van der Waals surface area contributed by atoms with E-state index in [1.807, 2.05) is 18.2 Å². The molecule has 1 aromatic carbocycles. The van der Waals surface area contributed by atoms with Crippen LogP contribution in [0.5, 0.6) is 0 Å². The molecule has 1 spiro atoms. The van der Waals surface area contributed by atoms with Crippen LogP contribution in [-0.2, 0) is 19.9 Å². The Balaban J connectivity index is 2.20. The van der Waals surface area contributed by atoms with Crippen molar-refractivity contribution in [2.75, 3.05) is 5.32 Å². The molecule has 1 fully saturated rings. The summed E-state index contributed by atoms with van der Waals surface area (Å²) < 4.78 is 6.25. The first-order chi connectivity index (χ1) is 8.03. The van der Waals surface area contributed by atoms with E-state index in [1.54, 1.807) is 0 Å². The summed E-state index contributed by atoms with van der Waals surface area (Å²) in [4.78, 5) is 23.5. The van der Waals surface area contributed by atoms with Gasteiger partial charge in [-0.05, 0) is 40.8 Å². The Bertz CT molecular complexity index is 563. The zero-order valence-electron chi connectivity index (χ0n) is 8.75. The Labute approximate surface area is 111 Å². The molecule has 2 aliphatic heterocycles. The largest absolute Gasteiger partial charge is 0.440 e. The number of ether oxygens (including phenoxy) is 1. The second-order valence-electron chi connectivity index (χ2n) is 4.14. The highest BCUT2D eigenvalue weighted by molar-refractivity contribution is 14.1. The molecule has 1 unspecified atom stereocenters. The molecular weight excluding hydrogens is 333 g/mol. The van der Waals surface area contributed by atoms with E-state index in [0.717, 1.165) is 9.13 Å². The predicted molar refractivity (Wildman–Crippen MR) is 69.3 cm³/mol. The molecule has 1 aromatic rings. The van der Waals surface area contributed by atoms with E-state index < -0.39 is 11.6 Å². The van der Waals surface area contributed by atoms with Crippen LogP contribution in [-0.4, -0.2) is 11.9 Å². The summed E-state index contributed by atoms with van der Waals surface area (Å²) in [6.45, 7) is 3.63. The summed E-state index contributed by atoms with van der Waals surface area (Å²) in [6.07, 6.45) is 0.227. The van der Waals surface area contributed by atoms with Crippen molar-refractivity contribution in [3.8, 4) is 0 Å². The summed E-state index contributed by atoms with van der Waals surface area (Å²) in [5, 5.41) is 2.74. The number of benzene rings is 1. The third kappa shape index (κ3) is 1.35. The number of halogens is 1. The van der Waals surface area contributed by atoms with Crippen molar-refractivity contribution in [2.45, 2.75) is 12.0 Å². The van der Waals surface area contributed by atoms with Crippen LogP contribution in [0.25, 0.3) is 0 Å². The van der Waals surface area contributed by atoms with E-state index in [-0.39, 0.29) is 12.3 Å². The highest BCUT2D eigenvalue weighted by Crippen LogP contribution is 2.47. The zero-order chi connectivity index (χ0) is 12.2. The van der Waals surface area contributed by atoms with Gasteiger partial charge in [-0.25, -0.2) is 4.79 Å². The van der Waals surface area contributed by atoms with Crippen molar-refractivity contribution in [3.05, 3.63) is 39.5 Å². The average Bonchev–Trinajstić information content (AvgIpc) is 2.70. The summed E-state index contributed by atoms with van der Waals surface area (Å²) in [7, 11) is 0. The fourth-order valence-electron chi connectivity index (χ4n) is 2.22. The Hall–Kier alpha value is -1.37. The van der Waals surface area contributed by atoms with Crippen LogP contribution < -0.4 is 5.32 Å². The lowest BCUT2D eigenvalue weighted by Gasteiger charge is -2.19. The first-order valence-corrected chi connectivity index (χ1v) is 6.13. The molecule has 4 nitrogen and oxygen atoms in total. The standard InChI is InChI=1S/C12H8INO3/c1-6-5-12(17-10(6)15)8-4-7(13)2-3-9(8)14-11(12)16/h2-4H,1,5H2,(H,14,16). The van der Waals surface area contributed by atoms with Gasteiger partial charge in [0.25, 0.3) is 5.91 Å². The van der Waals surface area contributed by atoms with Gasteiger partial charge in [-0.2, -0.15) is 0 Å². The molecule has 2 aliphatic rings. The minimum atomic E-state index is -1.19. The number of hydrogen-bond donors (Lipinski definition) is 1. The van der Waals surface area contributed by atoms with Crippen molar-refractivity contribution in [3.63, 3.8) is 0 Å². The molecule has 17 heavy (non-hydrogen) atoms. The second-order valence-corrected chi connectivity index (χ2v) is 5.39. The van der Waals surface area contributed by atoms with Gasteiger partial charge in [0, 0.05) is 26.8 Å². The van der Waals surface area contributed by atoms with E-state index >= 15 is 0 Å². The van der Waals surface area contributed by atoms with E-state index in [1.165, 1.54) is 0 Å². The lowest BCUT2D eigenvalue weighted by atomic mass is 9.91.